The topological polar surface area (TPSA) is 49.4 Å². The summed E-state index contributed by atoms with van der Waals surface area (Å²) >= 11 is 10.9. The highest BCUT2D eigenvalue weighted by molar-refractivity contribution is 9.10. The first-order chi connectivity index (χ1) is 14.9. The Morgan fingerprint density at radius 1 is 1.16 bits per heavy atom. The van der Waals surface area contributed by atoms with Crippen molar-refractivity contribution < 1.29 is 9.59 Å². The van der Waals surface area contributed by atoms with Crippen LogP contribution in [0.3, 0.4) is 0 Å². The zero-order chi connectivity index (χ0) is 22.2. The van der Waals surface area contributed by atoms with Gasteiger partial charge >= 0.3 is 0 Å². The van der Waals surface area contributed by atoms with Crippen molar-refractivity contribution in [2.24, 2.45) is 0 Å². The Kier molecular flexibility index (Phi) is 9.30. The Labute approximate surface area is 202 Å². The summed E-state index contributed by atoms with van der Waals surface area (Å²) in [7, 11) is 0. The molecule has 1 atom stereocenters. The molecule has 4 nitrogen and oxygen atoms in total. The predicted octanol–water partition coefficient (Wildman–Crippen LogP) is 6.06. The van der Waals surface area contributed by atoms with E-state index in [4.69, 9.17) is 11.6 Å². The first kappa shape index (κ1) is 24.1. The average Bonchev–Trinajstić information content (AvgIpc) is 2.77. The molecule has 1 saturated carbocycles. The fourth-order valence-corrected chi connectivity index (χ4v) is 5.10. The summed E-state index contributed by atoms with van der Waals surface area (Å²) in [5, 5.41) is 3.83. The number of rotatable bonds is 8. The van der Waals surface area contributed by atoms with Gasteiger partial charge in [-0.05, 0) is 61.7 Å². The maximum absolute atomic E-state index is 13.2. The Balaban J connectivity index is 1.70. The maximum atomic E-state index is 13.2. The molecule has 0 spiro atoms. The first-order valence-electron chi connectivity index (χ1n) is 10.6. The Hall–Kier alpha value is -1.50. The molecule has 2 aromatic rings. The standard InChI is InChI=1S/C24H28BrClN2O2S/c1-17(24(30)27-21-8-3-2-4-9-21)28(15-18-6-5-7-19(25)14-18)23(29)16-31-22-12-10-20(26)11-13-22/h5-7,10-14,17,21H,2-4,8-9,15-16H2,1H3,(H,27,30)/t17-/m0/s1. The second-order valence-corrected chi connectivity index (χ2v) is 10.3. The molecule has 3 rings (SSSR count). The van der Waals surface area contributed by atoms with Crippen LogP contribution in [0.5, 0.6) is 0 Å². The minimum absolute atomic E-state index is 0.0637. The molecule has 31 heavy (non-hydrogen) atoms. The zero-order valence-electron chi connectivity index (χ0n) is 17.7. The summed E-state index contributed by atoms with van der Waals surface area (Å²) < 4.78 is 0.951. The molecule has 166 valence electrons. The quantitative estimate of drug-likeness (QED) is 0.428. The molecule has 1 aliphatic carbocycles. The minimum atomic E-state index is -0.542. The monoisotopic (exact) mass is 522 g/mol. The molecule has 0 saturated heterocycles. The van der Waals surface area contributed by atoms with E-state index >= 15 is 0 Å². The van der Waals surface area contributed by atoms with Crippen LogP contribution in [0.1, 0.15) is 44.6 Å². The van der Waals surface area contributed by atoms with Gasteiger partial charge in [0.1, 0.15) is 6.04 Å². The van der Waals surface area contributed by atoms with Gasteiger partial charge in [0.15, 0.2) is 0 Å². The fraction of sp³-hybridized carbons (Fsp3) is 0.417. The second kappa shape index (κ2) is 11.9. The normalized spacial score (nSPS) is 15.3. The van der Waals surface area contributed by atoms with E-state index in [1.807, 2.05) is 55.5 Å². The zero-order valence-corrected chi connectivity index (χ0v) is 20.8. The van der Waals surface area contributed by atoms with E-state index in [-0.39, 0.29) is 23.6 Å². The van der Waals surface area contributed by atoms with Gasteiger partial charge in [-0.1, -0.05) is 58.9 Å². The van der Waals surface area contributed by atoms with Gasteiger partial charge in [-0.25, -0.2) is 0 Å². The molecule has 0 bridgehead atoms. The lowest BCUT2D eigenvalue weighted by molar-refractivity contribution is -0.139. The highest BCUT2D eigenvalue weighted by Gasteiger charge is 2.28. The van der Waals surface area contributed by atoms with Crippen LogP contribution in [-0.2, 0) is 16.1 Å². The Morgan fingerprint density at radius 2 is 1.87 bits per heavy atom. The molecule has 0 aromatic heterocycles. The van der Waals surface area contributed by atoms with Crippen molar-refractivity contribution in [1.29, 1.82) is 0 Å². The Morgan fingerprint density at radius 3 is 2.55 bits per heavy atom. The van der Waals surface area contributed by atoms with Crippen molar-refractivity contribution >= 4 is 51.1 Å². The van der Waals surface area contributed by atoms with Gasteiger partial charge in [0.25, 0.3) is 0 Å². The van der Waals surface area contributed by atoms with Gasteiger partial charge in [-0.3, -0.25) is 9.59 Å². The highest BCUT2D eigenvalue weighted by atomic mass is 79.9. The number of hydrogen-bond acceptors (Lipinski definition) is 3. The van der Waals surface area contributed by atoms with E-state index in [0.29, 0.717) is 11.6 Å². The molecule has 7 heteroatoms. The van der Waals surface area contributed by atoms with Crippen molar-refractivity contribution in [3.05, 3.63) is 63.6 Å². The van der Waals surface area contributed by atoms with E-state index in [2.05, 4.69) is 21.2 Å². The number of nitrogens with zero attached hydrogens (tertiary/aromatic N) is 1. The van der Waals surface area contributed by atoms with E-state index < -0.39 is 6.04 Å². The second-order valence-electron chi connectivity index (χ2n) is 7.91. The minimum Gasteiger partial charge on any atom is -0.352 e. The summed E-state index contributed by atoms with van der Waals surface area (Å²) in [5.41, 5.74) is 0.983. The SMILES string of the molecule is C[C@@H](C(=O)NC1CCCCC1)N(Cc1cccc(Br)c1)C(=O)CSc1ccc(Cl)cc1. The number of halogens is 2. The van der Waals surface area contributed by atoms with Crippen LogP contribution in [0.4, 0.5) is 0 Å². The number of benzene rings is 2. The van der Waals surface area contributed by atoms with E-state index in [1.54, 1.807) is 4.90 Å². The van der Waals surface area contributed by atoms with Crippen molar-refractivity contribution in [1.82, 2.24) is 10.2 Å². The summed E-state index contributed by atoms with van der Waals surface area (Å²) in [5.74, 6) is 0.120. The van der Waals surface area contributed by atoms with Gasteiger partial charge in [0, 0.05) is 27.0 Å². The van der Waals surface area contributed by atoms with Gasteiger partial charge in [-0.15, -0.1) is 11.8 Å². The predicted molar refractivity (Wildman–Crippen MR) is 131 cm³/mol. The summed E-state index contributed by atoms with van der Waals surface area (Å²) in [6.07, 6.45) is 5.57. The smallest absolute Gasteiger partial charge is 0.242 e. The summed E-state index contributed by atoms with van der Waals surface area (Å²) in [4.78, 5) is 28.8. The number of carbonyl (C=O) groups is 2. The number of thioether (sulfide) groups is 1. The van der Waals surface area contributed by atoms with Crippen molar-refractivity contribution in [2.75, 3.05) is 5.75 Å². The molecular formula is C24H28BrClN2O2S. The molecule has 0 aliphatic heterocycles. The number of hydrogen-bond donors (Lipinski definition) is 1. The molecule has 1 aliphatic rings. The molecule has 2 amide bonds. The number of nitrogens with one attached hydrogen (secondary N) is 1. The van der Waals surface area contributed by atoms with Gasteiger partial charge in [0.2, 0.25) is 11.8 Å². The van der Waals surface area contributed by atoms with Crippen LogP contribution in [0.2, 0.25) is 5.02 Å². The lowest BCUT2D eigenvalue weighted by Gasteiger charge is -2.31. The molecule has 0 radical (unpaired) electrons. The third kappa shape index (κ3) is 7.55. The van der Waals surface area contributed by atoms with Crippen LogP contribution < -0.4 is 5.32 Å². The van der Waals surface area contributed by atoms with Crippen LogP contribution >= 0.6 is 39.3 Å². The van der Waals surface area contributed by atoms with Gasteiger partial charge in [-0.2, -0.15) is 0 Å². The van der Waals surface area contributed by atoms with Gasteiger partial charge < -0.3 is 10.2 Å². The summed E-state index contributed by atoms with van der Waals surface area (Å²) in [6, 6.07) is 15.0. The third-order valence-electron chi connectivity index (χ3n) is 5.54. The first-order valence-corrected chi connectivity index (χ1v) is 12.8. The number of carbonyl (C=O) groups excluding carboxylic acids is 2. The third-order valence-corrected chi connectivity index (χ3v) is 7.28. The van der Waals surface area contributed by atoms with Crippen LogP contribution in [0, 0.1) is 0 Å². The van der Waals surface area contributed by atoms with E-state index in [0.717, 1.165) is 40.6 Å². The molecule has 2 aromatic carbocycles. The van der Waals surface area contributed by atoms with Crippen LogP contribution in [-0.4, -0.2) is 34.6 Å². The van der Waals surface area contributed by atoms with Crippen molar-refractivity contribution in [3.63, 3.8) is 0 Å². The summed E-state index contributed by atoms with van der Waals surface area (Å²) in [6.45, 7) is 2.21. The van der Waals surface area contributed by atoms with E-state index in [9.17, 15) is 9.59 Å². The van der Waals surface area contributed by atoms with E-state index in [1.165, 1.54) is 18.2 Å². The number of amides is 2. The molecule has 1 N–H and O–H groups in total. The Bertz CT molecular complexity index is 887. The highest BCUT2D eigenvalue weighted by Crippen LogP contribution is 2.23. The fourth-order valence-electron chi connectivity index (χ4n) is 3.74. The maximum Gasteiger partial charge on any atom is 0.242 e. The lowest BCUT2D eigenvalue weighted by atomic mass is 9.95. The molecule has 1 fully saturated rings. The largest absolute Gasteiger partial charge is 0.352 e. The molecule has 0 unspecified atom stereocenters. The van der Waals surface area contributed by atoms with Crippen molar-refractivity contribution in [3.8, 4) is 0 Å². The lowest BCUT2D eigenvalue weighted by Crippen LogP contribution is -2.50. The van der Waals surface area contributed by atoms with Crippen molar-refractivity contribution in [2.45, 2.75) is 62.6 Å². The molecular weight excluding hydrogens is 496 g/mol. The van der Waals surface area contributed by atoms with Gasteiger partial charge in [0.05, 0.1) is 5.75 Å². The van der Waals surface area contributed by atoms with Crippen LogP contribution in [0.15, 0.2) is 57.9 Å². The average molecular weight is 524 g/mol. The van der Waals surface area contributed by atoms with Crippen LogP contribution in [0.25, 0.3) is 0 Å². The molecule has 0 heterocycles.